The molecule has 0 radical (unpaired) electrons. The van der Waals surface area contributed by atoms with Gasteiger partial charge in [-0.1, -0.05) is 0 Å². The number of aromatic nitrogens is 1. The quantitative estimate of drug-likeness (QED) is 0.860. The first-order valence-corrected chi connectivity index (χ1v) is 8.47. The largest absolute Gasteiger partial charge is 0.497 e. The van der Waals surface area contributed by atoms with Crippen molar-refractivity contribution in [3.8, 4) is 11.5 Å². The number of thiazole rings is 1. The second kappa shape index (κ2) is 6.58. The van der Waals surface area contributed by atoms with E-state index in [2.05, 4.69) is 4.98 Å². The number of carbonyl (C=O) groups is 1. The van der Waals surface area contributed by atoms with E-state index in [1.54, 1.807) is 14.2 Å². The molecule has 1 atom stereocenters. The number of ether oxygens (including phenoxy) is 2. The molecule has 0 spiro atoms. The molecule has 1 aliphatic heterocycles. The van der Waals surface area contributed by atoms with Crippen molar-refractivity contribution in [3.63, 3.8) is 0 Å². The average Bonchev–Trinajstić information content (AvgIpc) is 3.22. The van der Waals surface area contributed by atoms with Gasteiger partial charge in [0.25, 0.3) is 5.91 Å². The summed E-state index contributed by atoms with van der Waals surface area (Å²) in [6.45, 7) is 2.66. The Hall–Kier alpha value is -2.08. The zero-order chi connectivity index (χ0) is 16.4. The molecule has 3 rings (SSSR count). The van der Waals surface area contributed by atoms with Gasteiger partial charge in [0.05, 0.1) is 25.3 Å². The molecule has 1 aromatic carbocycles. The number of aryl methyl sites for hydroxylation is 1. The van der Waals surface area contributed by atoms with E-state index < -0.39 is 0 Å². The Bertz CT molecular complexity index is 714. The summed E-state index contributed by atoms with van der Waals surface area (Å²) in [5, 5.41) is 2.74. The van der Waals surface area contributed by atoms with Crippen molar-refractivity contribution >= 4 is 17.2 Å². The molecule has 0 bridgehead atoms. The lowest BCUT2D eigenvalue weighted by atomic mass is 10.0. The SMILES string of the molecule is COc1ccc([C@@H]2CCCN2C(=O)c2csc(C)n2)c(OC)c1. The van der Waals surface area contributed by atoms with Crippen molar-refractivity contribution in [3.05, 3.63) is 39.8 Å². The van der Waals surface area contributed by atoms with E-state index in [-0.39, 0.29) is 11.9 Å². The summed E-state index contributed by atoms with van der Waals surface area (Å²) in [7, 11) is 3.27. The summed E-state index contributed by atoms with van der Waals surface area (Å²) in [6, 6.07) is 5.78. The van der Waals surface area contributed by atoms with Crippen molar-refractivity contribution in [2.75, 3.05) is 20.8 Å². The molecular weight excluding hydrogens is 312 g/mol. The molecule has 23 heavy (non-hydrogen) atoms. The number of hydrogen-bond acceptors (Lipinski definition) is 5. The zero-order valence-corrected chi connectivity index (χ0v) is 14.4. The number of hydrogen-bond donors (Lipinski definition) is 0. The molecule has 1 aliphatic rings. The van der Waals surface area contributed by atoms with E-state index in [1.165, 1.54) is 11.3 Å². The Balaban J connectivity index is 1.91. The maximum Gasteiger partial charge on any atom is 0.273 e. The minimum atomic E-state index is -0.00489. The van der Waals surface area contributed by atoms with Crippen LogP contribution in [0.2, 0.25) is 0 Å². The fourth-order valence-electron chi connectivity index (χ4n) is 3.04. The summed E-state index contributed by atoms with van der Waals surface area (Å²) in [4.78, 5) is 19.0. The highest BCUT2D eigenvalue weighted by Gasteiger charge is 2.33. The monoisotopic (exact) mass is 332 g/mol. The van der Waals surface area contributed by atoms with E-state index in [0.29, 0.717) is 5.69 Å². The molecule has 122 valence electrons. The predicted octanol–water partition coefficient (Wildman–Crippen LogP) is 3.45. The standard InChI is InChI=1S/C17H20N2O3S/c1-11-18-14(10-23-11)17(20)19-8-4-5-15(19)13-7-6-12(21-2)9-16(13)22-3/h6-7,9-10,15H,4-5,8H2,1-3H3/t15-/m0/s1. The van der Waals surface area contributed by atoms with E-state index in [0.717, 1.165) is 41.5 Å². The van der Waals surface area contributed by atoms with Gasteiger partial charge in [-0.25, -0.2) is 4.98 Å². The first-order chi connectivity index (χ1) is 11.1. The van der Waals surface area contributed by atoms with Gasteiger partial charge in [0.15, 0.2) is 0 Å². The Labute approximate surface area is 139 Å². The van der Waals surface area contributed by atoms with Crippen LogP contribution in [0.15, 0.2) is 23.6 Å². The number of nitrogens with zero attached hydrogens (tertiary/aromatic N) is 2. The molecule has 2 heterocycles. The molecule has 1 saturated heterocycles. The average molecular weight is 332 g/mol. The van der Waals surface area contributed by atoms with Gasteiger partial charge in [0.1, 0.15) is 17.2 Å². The lowest BCUT2D eigenvalue weighted by Gasteiger charge is -2.26. The molecular formula is C17H20N2O3S. The number of methoxy groups -OCH3 is 2. The molecule has 0 saturated carbocycles. The maximum atomic E-state index is 12.8. The van der Waals surface area contributed by atoms with E-state index in [9.17, 15) is 4.79 Å². The Morgan fingerprint density at radius 2 is 2.17 bits per heavy atom. The third-order valence-electron chi connectivity index (χ3n) is 4.15. The summed E-state index contributed by atoms with van der Waals surface area (Å²) in [6.07, 6.45) is 1.91. The van der Waals surface area contributed by atoms with Gasteiger partial charge < -0.3 is 14.4 Å². The normalized spacial score (nSPS) is 17.3. The molecule has 0 unspecified atom stereocenters. The highest BCUT2D eigenvalue weighted by atomic mass is 32.1. The minimum absolute atomic E-state index is 0.00489. The van der Waals surface area contributed by atoms with Crippen LogP contribution in [-0.2, 0) is 0 Å². The van der Waals surface area contributed by atoms with Crippen LogP contribution in [-0.4, -0.2) is 36.6 Å². The number of amides is 1. The van der Waals surface area contributed by atoms with Crippen LogP contribution in [0.3, 0.4) is 0 Å². The van der Waals surface area contributed by atoms with Gasteiger partial charge in [-0.05, 0) is 31.9 Å². The minimum Gasteiger partial charge on any atom is -0.497 e. The third-order valence-corrected chi connectivity index (χ3v) is 4.92. The second-order valence-corrected chi connectivity index (χ2v) is 6.58. The van der Waals surface area contributed by atoms with Crippen LogP contribution in [0.5, 0.6) is 11.5 Å². The van der Waals surface area contributed by atoms with Crippen molar-refractivity contribution in [1.29, 1.82) is 0 Å². The lowest BCUT2D eigenvalue weighted by Crippen LogP contribution is -2.31. The van der Waals surface area contributed by atoms with Crippen molar-refractivity contribution in [1.82, 2.24) is 9.88 Å². The molecule has 1 amide bonds. The number of rotatable bonds is 4. The summed E-state index contributed by atoms with van der Waals surface area (Å²) >= 11 is 1.50. The molecule has 5 nitrogen and oxygen atoms in total. The van der Waals surface area contributed by atoms with Gasteiger partial charge in [0, 0.05) is 23.6 Å². The lowest BCUT2D eigenvalue weighted by molar-refractivity contribution is 0.0729. The second-order valence-electron chi connectivity index (χ2n) is 5.52. The van der Waals surface area contributed by atoms with Crippen LogP contribution in [0, 0.1) is 6.92 Å². The number of carbonyl (C=O) groups excluding carboxylic acids is 1. The number of likely N-dealkylation sites (tertiary alicyclic amines) is 1. The van der Waals surface area contributed by atoms with Crippen molar-refractivity contribution < 1.29 is 14.3 Å². The number of benzene rings is 1. The smallest absolute Gasteiger partial charge is 0.273 e. The van der Waals surface area contributed by atoms with Gasteiger partial charge in [-0.3, -0.25) is 4.79 Å². The third kappa shape index (κ3) is 3.03. The van der Waals surface area contributed by atoms with Gasteiger partial charge in [-0.15, -0.1) is 11.3 Å². The highest BCUT2D eigenvalue weighted by molar-refractivity contribution is 7.09. The van der Waals surface area contributed by atoms with Crippen LogP contribution in [0.4, 0.5) is 0 Å². The molecule has 2 aromatic rings. The molecule has 6 heteroatoms. The van der Waals surface area contributed by atoms with E-state index in [1.807, 2.05) is 35.4 Å². The van der Waals surface area contributed by atoms with Crippen LogP contribution in [0.1, 0.15) is 39.9 Å². The summed E-state index contributed by atoms with van der Waals surface area (Å²) < 4.78 is 10.8. The maximum absolute atomic E-state index is 12.8. The van der Waals surface area contributed by atoms with Gasteiger partial charge in [0.2, 0.25) is 0 Å². The van der Waals surface area contributed by atoms with E-state index >= 15 is 0 Å². The zero-order valence-electron chi connectivity index (χ0n) is 13.5. The first kappa shape index (κ1) is 15.8. The molecule has 0 N–H and O–H groups in total. The predicted molar refractivity (Wildman–Crippen MR) is 89.4 cm³/mol. The summed E-state index contributed by atoms with van der Waals surface area (Å²) in [5.41, 5.74) is 1.55. The molecule has 1 fully saturated rings. The summed E-state index contributed by atoms with van der Waals surface area (Å²) in [5.74, 6) is 1.50. The molecule has 1 aromatic heterocycles. The van der Waals surface area contributed by atoms with Gasteiger partial charge in [-0.2, -0.15) is 0 Å². The van der Waals surface area contributed by atoms with Crippen molar-refractivity contribution in [2.24, 2.45) is 0 Å². The Morgan fingerprint density at radius 3 is 2.83 bits per heavy atom. The fourth-order valence-corrected chi connectivity index (χ4v) is 3.62. The fraction of sp³-hybridized carbons (Fsp3) is 0.412. The van der Waals surface area contributed by atoms with Crippen molar-refractivity contribution in [2.45, 2.75) is 25.8 Å². The van der Waals surface area contributed by atoms with E-state index in [4.69, 9.17) is 9.47 Å². The van der Waals surface area contributed by atoms with Crippen LogP contribution in [0.25, 0.3) is 0 Å². The van der Waals surface area contributed by atoms with Crippen LogP contribution >= 0.6 is 11.3 Å². The Kier molecular flexibility index (Phi) is 4.52. The highest BCUT2D eigenvalue weighted by Crippen LogP contribution is 2.39. The van der Waals surface area contributed by atoms with Crippen LogP contribution < -0.4 is 9.47 Å². The first-order valence-electron chi connectivity index (χ1n) is 7.59. The molecule has 0 aliphatic carbocycles. The Morgan fingerprint density at radius 1 is 1.35 bits per heavy atom. The van der Waals surface area contributed by atoms with Gasteiger partial charge >= 0.3 is 0 Å². The topological polar surface area (TPSA) is 51.7 Å².